The van der Waals surface area contributed by atoms with Crippen LogP contribution in [-0.2, 0) is 6.54 Å². The average Bonchev–Trinajstić information content (AvgIpc) is 2.85. The number of pyridine rings is 1. The molecule has 5 heteroatoms. The monoisotopic (exact) mass is 422 g/mol. The fourth-order valence-electron chi connectivity index (χ4n) is 4.15. The van der Waals surface area contributed by atoms with Crippen molar-refractivity contribution in [3.63, 3.8) is 0 Å². The second-order valence-electron chi connectivity index (χ2n) is 8.14. The van der Waals surface area contributed by atoms with E-state index in [2.05, 4.69) is 62.6 Å². The van der Waals surface area contributed by atoms with Gasteiger partial charge in [-0.25, -0.2) is 4.98 Å². The Balaban J connectivity index is 1.17. The van der Waals surface area contributed by atoms with E-state index in [9.17, 15) is 4.79 Å². The van der Waals surface area contributed by atoms with E-state index in [1.165, 1.54) is 11.3 Å². The van der Waals surface area contributed by atoms with Crippen molar-refractivity contribution in [2.45, 2.75) is 6.54 Å². The fraction of sp³-hybridized carbons (Fsp3) is 0.185. The molecule has 1 aliphatic heterocycles. The molecule has 3 aromatic carbocycles. The lowest BCUT2D eigenvalue weighted by molar-refractivity contribution is 0.102. The summed E-state index contributed by atoms with van der Waals surface area (Å²) in [7, 11) is 0. The summed E-state index contributed by atoms with van der Waals surface area (Å²) in [5.74, 6) is -0.196. The van der Waals surface area contributed by atoms with Crippen molar-refractivity contribution in [1.82, 2.24) is 9.88 Å². The van der Waals surface area contributed by atoms with Gasteiger partial charge in [0.15, 0.2) is 0 Å². The summed E-state index contributed by atoms with van der Waals surface area (Å²) in [5.41, 5.74) is 4.56. The highest BCUT2D eigenvalue weighted by Gasteiger charge is 2.17. The number of nitrogens with one attached hydrogen (secondary N) is 1. The average molecular weight is 423 g/mol. The molecule has 32 heavy (non-hydrogen) atoms. The quantitative estimate of drug-likeness (QED) is 0.501. The minimum atomic E-state index is -0.196. The first kappa shape index (κ1) is 20.2. The molecule has 4 aromatic rings. The standard InChI is InChI=1S/C27H26N4O/c32-27(26-15-10-22-8-4-5-9-25(22)29-26)28-23-11-13-24(14-12-23)31-18-16-30(17-19-31)20-21-6-2-1-3-7-21/h1-15H,16-20H2,(H,28,32). The number of para-hydroxylation sites is 1. The summed E-state index contributed by atoms with van der Waals surface area (Å²) in [6, 6.07) is 30.2. The van der Waals surface area contributed by atoms with Crippen molar-refractivity contribution in [2.75, 3.05) is 36.4 Å². The maximum atomic E-state index is 12.6. The Morgan fingerprint density at radius 1 is 0.781 bits per heavy atom. The van der Waals surface area contributed by atoms with Crippen molar-refractivity contribution in [3.8, 4) is 0 Å². The highest BCUT2D eigenvalue weighted by atomic mass is 16.1. The zero-order valence-corrected chi connectivity index (χ0v) is 17.9. The van der Waals surface area contributed by atoms with E-state index >= 15 is 0 Å². The Morgan fingerprint density at radius 3 is 2.28 bits per heavy atom. The molecule has 1 aromatic heterocycles. The van der Waals surface area contributed by atoms with Crippen molar-refractivity contribution in [1.29, 1.82) is 0 Å². The normalized spacial score (nSPS) is 14.4. The number of carbonyl (C=O) groups excluding carboxylic acids is 1. The SMILES string of the molecule is O=C(Nc1ccc(N2CCN(Cc3ccccc3)CC2)cc1)c1ccc2ccccc2n1. The maximum absolute atomic E-state index is 12.6. The van der Waals surface area contributed by atoms with Gasteiger partial charge in [0.1, 0.15) is 5.69 Å². The van der Waals surface area contributed by atoms with E-state index in [1.54, 1.807) is 6.07 Å². The molecule has 5 rings (SSSR count). The number of hydrogen-bond acceptors (Lipinski definition) is 4. The van der Waals surface area contributed by atoms with E-state index in [0.717, 1.165) is 49.3 Å². The van der Waals surface area contributed by atoms with Crippen molar-refractivity contribution in [3.05, 3.63) is 102 Å². The number of benzene rings is 3. The summed E-state index contributed by atoms with van der Waals surface area (Å²) in [6.07, 6.45) is 0. The molecule has 0 spiro atoms. The van der Waals surface area contributed by atoms with E-state index in [4.69, 9.17) is 0 Å². The fourth-order valence-corrected chi connectivity index (χ4v) is 4.15. The highest BCUT2D eigenvalue weighted by Crippen LogP contribution is 2.21. The molecule has 0 atom stereocenters. The first-order chi connectivity index (χ1) is 15.7. The van der Waals surface area contributed by atoms with Crippen molar-refractivity contribution in [2.24, 2.45) is 0 Å². The van der Waals surface area contributed by atoms with Crippen molar-refractivity contribution >= 4 is 28.2 Å². The van der Waals surface area contributed by atoms with Gasteiger partial charge in [0.05, 0.1) is 5.52 Å². The lowest BCUT2D eigenvalue weighted by atomic mass is 10.2. The van der Waals surface area contributed by atoms with Gasteiger partial charge in [-0.1, -0.05) is 54.6 Å². The van der Waals surface area contributed by atoms with Crippen LogP contribution in [0.4, 0.5) is 11.4 Å². The van der Waals surface area contributed by atoms with Crippen LogP contribution in [-0.4, -0.2) is 42.0 Å². The number of nitrogens with zero attached hydrogens (tertiary/aromatic N) is 3. The summed E-state index contributed by atoms with van der Waals surface area (Å²) in [4.78, 5) is 22.0. The van der Waals surface area contributed by atoms with Crippen LogP contribution in [0.2, 0.25) is 0 Å². The maximum Gasteiger partial charge on any atom is 0.274 e. The molecule has 1 fully saturated rings. The van der Waals surface area contributed by atoms with Gasteiger partial charge in [-0.15, -0.1) is 0 Å². The Labute approximate surface area is 188 Å². The molecular formula is C27H26N4O. The highest BCUT2D eigenvalue weighted by molar-refractivity contribution is 6.04. The van der Waals surface area contributed by atoms with Crippen LogP contribution < -0.4 is 10.2 Å². The van der Waals surface area contributed by atoms with Crippen molar-refractivity contribution < 1.29 is 4.79 Å². The van der Waals surface area contributed by atoms with E-state index in [1.807, 2.05) is 42.5 Å². The predicted molar refractivity (Wildman–Crippen MR) is 130 cm³/mol. The molecule has 0 unspecified atom stereocenters. The van der Waals surface area contributed by atoms with E-state index in [-0.39, 0.29) is 5.91 Å². The van der Waals surface area contributed by atoms with Crippen LogP contribution in [0.5, 0.6) is 0 Å². The zero-order valence-electron chi connectivity index (χ0n) is 17.9. The van der Waals surface area contributed by atoms with E-state index in [0.29, 0.717) is 5.69 Å². The molecule has 1 N–H and O–H groups in total. The minimum absolute atomic E-state index is 0.196. The summed E-state index contributed by atoms with van der Waals surface area (Å²) in [6.45, 7) is 5.09. The first-order valence-corrected chi connectivity index (χ1v) is 11.0. The molecule has 0 radical (unpaired) electrons. The molecule has 0 saturated carbocycles. The molecule has 2 heterocycles. The third kappa shape index (κ3) is 4.63. The van der Waals surface area contributed by atoms with Crippen LogP contribution >= 0.6 is 0 Å². The zero-order chi connectivity index (χ0) is 21.8. The number of fused-ring (bicyclic) bond motifs is 1. The number of aromatic nitrogens is 1. The molecule has 1 amide bonds. The Bertz CT molecular complexity index is 1200. The Morgan fingerprint density at radius 2 is 1.50 bits per heavy atom. The number of amides is 1. The number of anilines is 2. The lowest BCUT2D eigenvalue weighted by Crippen LogP contribution is -2.45. The predicted octanol–water partition coefficient (Wildman–Crippen LogP) is 4.81. The first-order valence-electron chi connectivity index (χ1n) is 11.0. The summed E-state index contributed by atoms with van der Waals surface area (Å²) >= 11 is 0. The van der Waals surface area contributed by atoms with Gasteiger partial charge < -0.3 is 10.2 Å². The molecule has 1 saturated heterocycles. The van der Waals surface area contributed by atoms with Crippen LogP contribution in [0.25, 0.3) is 10.9 Å². The van der Waals surface area contributed by atoms with E-state index < -0.39 is 0 Å². The molecule has 1 aliphatic rings. The van der Waals surface area contributed by atoms with Gasteiger partial charge in [-0.2, -0.15) is 0 Å². The Kier molecular flexibility index (Phi) is 5.81. The van der Waals surface area contributed by atoms with Gasteiger partial charge in [0.25, 0.3) is 5.91 Å². The van der Waals surface area contributed by atoms with Gasteiger partial charge in [-0.05, 0) is 42.0 Å². The summed E-state index contributed by atoms with van der Waals surface area (Å²) in [5, 5.41) is 3.98. The van der Waals surface area contributed by atoms with Crippen LogP contribution in [0.1, 0.15) is 16.1 Å². The number of rotatable bonds is 5. The van der Waals surface area contributed by atoms with Crippen LogP contribution in [0.3, 0.4) is 0 Å². The third-order valence-corrected chi connectivity index (χ3v) is 5.94. The largest absolute Gasteiger partial charge is 0.369 e. The second-order valence-corrected chi connectivity index (χ2v) is 8.14. The second kappa shape index (κ2) is 9.20. The number of hydrogen-bond donors (Lipinski definition) is 1. The molecule has 160 valence electrons. The smallest absolute Gasteiger partial charge is 0.274 e. The van der Waals surface area contributed by atoms with Gasteiger partial charge in [0, 0.05) is 49.5 Å². The number of piperazine rings is 1. The Hall–Kier alpha value is -3.70. The van der Waals surface area contributed by atoms with Gasteiger partial charge in [0.2, 0.25) is 0 Å². The molecule has 0 bridgehead atoms. The lowest BCUT2D eigenvalue weighted by Gasteiger charge is -2.36. The third-order valence-electron chi connectivity index (χ3n) is 5.94. The number of carbonyl (C=O) groups is 1. The summed E-state index contributed by atoms with van der Waals surface area (Å²) < 4.78 is 0. The molecule has 0 aliphatic carbocycles. The van der Waals surface area contributed by atoms with Crippen LogP contribution in [0, 0.1) is 0 Å². The van der Waals surface area contributed by atoms with Gasteiger partial charge in [-0.3, -0.25) is 9.69 Å². The topological polar surface area (TPSA) is 48.5 Å². The van der Waals surface area contributed by atoms with Gasteiger partial charge >= 0.3 is 0 Å². The molecular weight excluding hydrogens is 396 g/mol. The molecule has 5 nitrogen and oxygen atoms in total. The minimum Gasteiger partial charge on any atom is -0.369 e. The van der Waals surface area contributed by atoms with Crippen LogP contribution in [0.15, 0.2) is 91.0 Å².